The molecule has 0 spiro atoms. The molecule has 5 heteroatoms. The Morgan fingerprint density at radius 1 is 1.03 bits per heavy atom. The molecule has 1 rings (SSSR count). The van der Waals surface area contributed by atoms with Gasteiger partial charge < -0.3 is 9.90 Å². The summed E-state index contributed by atoms with van der Waals surface area (Å²) in [5.41, 5.74) is 6.06. The van der Waals surface area contributed by atoms with E-state index in [2.05, 4.69) is 24.1 Å². The Labute approximate surface area is 178 Å². The Bertz CT molecular complexity index is 540. The van der Waals surface area contributed by atoms with Gasteiger partial charge in [0, 0.05) is 13.3 Å². The summed E-state index contributed by atoms with van der Waals surface area (Å²) >= 11 is 0. The fraction of sp³-hybridized carbons (Fsp3) is 0.750. The molecule has 166 valence electrons. The Morgan fingerprint density at radius 3 is 2.14 bits per heavy atom. The molecule has 1 aliphatic heterocycles. The van der Waals surface area contributed by atoms with E-state index in [0.717, 1.165) is 31.5 Å². The van der Waals surface area contributed by atoms with E-state index in [1.54, 1.807) is 12.4 Å². The minimum atomic E-state index is -1.10. The molecule has 1 heterocycles. The van der Waals surface area contributed by atoms with Gasteiger partial charge in [0.15, 0.2) is 0 Å². The van der Waals surface area contributed by atoms with Crippen LogP contribution in [-0.2, 0) is 4.79 Å². The first-order chi connectivity index (χ1) is 14.0. The summed E-state index contributed by atoms with van der Waals surface area (Å²) in [4.78, 5) is 15.5. The van der Waals surface area contributed by atoms with Crippen molar-refractivity contribution in [3.05, 3.63) is 24.6 Å². The van der Waals surface area contributed by atoms with Gasteiger partial charge in [-0.2, -0.15) is 0 Å². The number of nitrogens with two attached hydrogens (primary N) is 1. The zero-order valence-electron chi connectivity index (χ0n) is 18.8. The van der Waals surface area contributed by atoms with Crippen molar-refractivity contribution in [3.8, 4) is 0 Å². The zero-order chi connectivity index (χ0) is 21.4. The van der Waals surface area contributed by atoms with Gasteiger partial charge in [-0.15, -0.1) is 0 Å². The van der Waals surface area contributed by atoms with Gasteiger partial charge in [0.2, 0.25) is 5.84 Å². The highest BCUT2D eigenvalue weighted by molar-refractivity contribution is 5.81. The second kappa shape index (κ2) is 15.4. The molecule has 2 N–H and O–H groups in total. The molecule has 0 saturated carbocycles. The molecule has 29 heavy (non-hydrogen) atoms. The number of carboxylic acids is 1. The third-order valence-corrected chi connectivity index (χ3v) is 5.82. The molecule has 0 amide bonds. The number of allylic oxidation sites excluding steroid dienone is 2. The lowest BCUT2D eigenvalue weighted by molar-refractivity contribution is -0.808. The number of nitrogens with zero attached hydrogens (tertiary/aromatic N) is 2. The number of quaternary nitrogens is 1. The van der Waals surface area contributed by atoms with Crippen molar-refractivity contribution in [3.63, 3.8) is 0 Å². The number of hydrogen-bond donors (Lipinski definition) is 1. The van der Waals surface area contributed by atoms with Crippen LogP contribution in [-0.4, -0.2) is 29.0 Å². The lowest BCUT2D eigenvalue weighted by Gasteiger charge is -2.36. The molecule has 0 saturated heterocycles. The first-order valence-electron chi connectivity index (χ1n) is 11.8. The number of carbonyl (C=O) groups is 1. The Kier molecular flexibility index (Phi) is 13.6. The Balaban J connectivity index is 2.07. The maximum Gasteiger partial charge on any atom is 0.209 e. The summed E-state index contributed by atoms with van der Waals surface area (Å²) in [6.45, 7) is 3.94. The van der Waals surface area contributed by atoms with Crippen molar-refractivity contribution < 1.29 is 14.4 Å². The molecule has 0 aromatic carbocycles. The van der Waals surface area contributed by atoms with Crippen LogP contribution >= 0.6 is 0 Å². The van der Waals surface area contributed by atoms with Gasteiger partial charge in [0.1, 0.15) is 18.9 Å². The van der Waals surface area contributed by atoms with Crippen molar-refractivity contribution in [1.82, 2.24) is 0 Å². The van der Waals surface area contributed by atoms with Crippen LogP contribution < -0.4 is 10.8 Å². The largest absolute Gasteiger partial charge is 0.544 e. The Morgan fingerprint density at radius 2 is 1.59 bits per heavy atom. The van der Waals surface area contributed by atoms with Gasteiger partial charge in [-0.3, -0.25) is 5.73 Å². The number of carboxylic acid groups (broad SMARTS) is 1. The third kappa shape index (κ3) is 10.2. The fourth-order valence-electron chi connectivity index (χ4n) is 3.94. The molecule has 0 radical (unpaired) electrons. The van der Waals surface area contributed by atoms with Crippen LogP contribution in [0, 0.1) is 0 Å². The van der Waals surface area contributed by atoms with Crippen molar-refractivity contribution in [2.24, 2.45) is 10.7 Å². The van der Waals surface area contributed by atoms with E-state index in [1.807, 2.05) is 6.92 Å². The second-order valence-electron chi connectivity index (χ2n) is 8.38. The van der Waals surface area contributed by atoms with E-state index in [4.69, 9.17) is 5.73 Å². The summed E-state index contributed by atoms with van der Waals surface area (Å²) in [5, 5.41) is 11.1. The minimum Gasteiger partial charge on any atom is -0.544 e. The van der Waals surface area contributed by atoms with E-state index < -0.39 is 5.97 Å². The number of aliphatic imine (C=N–C) groups is 1. The Hall–Kier alpha value is -1.46. The molecular weight excluding hydrogens is 362 g/mol. The molecule has 0 aromatic heterocycles. The number of hydrogen-bond acceptors (Lipinski definition) is 4. The quantitative estimate of drug-likeness (QED) is 0.202. The minimum absolute atomic E-state index is 0.0879. The number of rotatable bonds is 18. The summed E-state index contributed by atoms with van der Waals surface area (Å²) in [7, 11) is 0. The maximum atomic E-state index is 11.1. The SMILES string of the molecule is CCCCCCCCCCCC/C=C/CCCC1=NC=C[N+]1(CC(=O)[O-])C(C)N. The van der Waals surface area contributed by atoms with Crippen LogP contribution in [0.15, 0.2) is 29.5 Å². The third-order valence-electron chi connectivity index (χ3n) is 5.82. The van der Waals surface area contributed by atoms with Crippen LogP contribution in [0.1, 0.15) is 104 Å². The summed E-state index contributed by atoms with van der Waals surface area (Å²) in [6, 6.07) is 0. The molecule has 0 fully saturated rings. The van der Waals surface area contributed by atoms with Crippen LogP contribution in [0.25, 0.3) is 0 Å². The van der Waals surface area contributed by atoms with E-state index in [1.165, 1.54) is 64.2 Å². The van der Waals surface area contributed by atoms with Gasteiger partial charge in [0.25, 0.3) is 0 Å². The van der Waals surface area contributed by atoms with Crippen LogP contribution in [0.3, 0.4) is 0 Å². The number of amidine groups is 1. The van der Waals surface area contributed by atoms with Gasteiger partial charge in [0.05, 0.1) is 12.2 Å². The first-order valence-corrected chi connectivity index (χ1v) is 11.8. The highest BCUT2D eigenvalue weighted by Gasteiger charge is 2.38. The summed E-state index contributed by atoms with van der Waals surface area (Å²) in [6.07, 6.45) is 25.2. The monoisotopic (exact) mass is 405 g/mol. The van der Waals surface area contributed by atoms with Crippen molar-refractivity contribution in [1.29, 1.82) is 0 Å². The van der Waals surface area contributed by atoms with E-state index in [0.29, 0.717) is 0 Å². The standard InChI is InChI=1S/C24H43N3O2/c1-3-4-5-6-7-8-9-10-11-12-13-14-15-16-17-18-23-26-19-20-27(23,22(2)25)21-24(28)29/h14-15,19-20,22H,3-13,16-18,21,25H2,1-2H3/b15-14+. The molecule has 0 aromatic rings. The predicted octanol–water partition coefficient (Wildman–Crippen LogP) is 4.78. The predicted molar refractivity (Wildman–Crippen MR) is 120 cm³/mol. The van der Waals surface area contributed by atoms with Crippen LogP contribution in [0.4, 0.5) is 0 Å². The molecule has 0 aliphatic carbocycles. The summed E-state index contributed by atoms with van der Waals surface area (Å²) < 4.78 is 0.0879. The molecule has 5 nitrogen and oxygen atoms in total. The van der Waals surface area contributed by atoms with Crippen LogP contribution in [0.2, 0.25) is 0 Å². The van der Waals surface area contributed by atoms with Crippen molar-refractivity contribution in [2.45, 2.75) is 110 Å². The van der Waals surface area contributed by atoms with E-state index in [9.17, 15) is 9.90 Å². The lowest BCUT2D eigenvalue weighted by Crippen LogP contribution is -2.60. The number of unbranched alkanes of at least 4 members (excludes halogenated alkanes) is 11. The molecule has 0 bridgehead atoms. The van der Waals surface area contributed by atoms with Gasteiger partial charge in [-0.05, 0) is 25.7 Å². The second-order valence-corrected chi connectivity index (χ2v) is 8.38. The van der Waals surface area contributed by atoms with E-state index in [-0.39, 0.29) is 17.2 Å². The van der Waals surface area contributed by atoms with E-state index >= 15 is 0 Å². The summed E-state index contributed by atoms with van der Waals surface area (Å²) in [5.74, 6) is -0.273. The van der Waals surface area contributed by atoms with Gasteiger partial charge >= 0.3 is 0 Å². The molecule has 2 atom stereocenters. The molecule has 1 aliphatic rings. The van der Waals surface area contributed by atoms with Crippen molar-refractivity contribution >= 4 is 11.8 Å². The van der Waals surface area contributed by atoms with Gasteiger partial charge in [-0.1, -0.05) is 76.9 Å². The topological polar surface area (TPSA) is 78.5 Å². The number of carbonyl (C=O) groups excluding carboxylic acids is 1. The van der Waals surface area contributed by atoms with Crippen molar-refractivity contribution in [2.75, 3.05) is 6.54 Å². The lowest BCUT2D eigenvalue weighted by atomic mass is 10.1. The fourth-order valence-corrected chi connectivity index (χ4v) is 3.94. The highest BCUT2D eigenvalue weighted by atomic mass is 16.4. The maximum absolute atomic E-state index is 11.1. The molecular formula is C24H43N3O2. The highest BCUT2D eigenvalue weighted by Crippen LogP contribution is 2.22. The first kappa shape index (κ1) is 25.6. The van der Waals surface area contributed by atoms with Crippen LogP contribution in [0.5, 0.6) is 0 Å². The molecule has 2 unspecified atom stereocenters. The van der Waals surface area contributed by atoms with Gasteiger partial charge in [-0.25, -0.2) is 9.48 Å². The number of aliphatic carboxylic acids is 1. The normalized spacial score (nSPS) is 19.8. The smallest absolute Gasteiger partial charge is 0.209 e. The average Bonchev–Trinajstić information content (AvgIpc) is 3.08. The average molecular weight is 406 g/mol. The zero-order valence-corrected chi connectivity index (χ0v) is 18.8.